The van der Waals surface area contributed by atoms with E-state index >= 15 is 0 Å². The van der Waals surface area contributed by atoms with Crippen molar-refractivity contribution >= 4 is 35.0 Å². The minimum atomic E-state index is 0.0670. The molecule has 2 aromatic carbocycles. The van der Waals surface area contributed by atoms with Gasteiger partial charge in [0.1, 0.15) is 0 Å². The molecule has 21 heavy (non-hydrogen) atoms. The molecule has 0 unspecified atom stereocenters. The summed E-state index contributed by atoms with van der Waals surface area (Å²) in [5.74, 6) is 0.986. The van der Waals surface area contributed by atoms with Gasteiger partial charge in [-0.1, -0.05) is 23.7 Å². The molecular formula is C17H18ClNOS. The van der Waals surface area contributed by atoms with E-state index in [2.05, 4.69) is 5.32 Å². The Kier molecular flexibility index (Phi) is 6.15. The first-order valence-electron chi connectivity index (χ1n) is 6.88. The molecule has 0 heterocycles. The summed E-state index contributed by atoms with van der Waals surface area (Å²) in [4.78, 5) is 13.0. The molecule has 0 saturated heterocycles. The normalized spacial score (nSPS) is 10.4. The molecule has 2 aromatic rings. The van der Waals surface area contributed by atoms with Crippen LogP contribution in [0.2, 0.25) is 5.02 Å². The number of aryl methyl sites for hydroxylation is 1. The van der Waals surface area contributed by atoms with E-state index in [4.69, 9.17) is 11.6 Å². The molecule has 4 heteroatoms. The fraction of sp³-hybridized carbons (Fsp3) is 0.235. The molecule has 0 atom stereocenters. The van der Waals surface area contributed by atoms with E-state index in [1.165, 1.54) is 4.90 Å². The van der Waals surface area contributed by atoms with Crippen LogP contribution in [-0.2, 0) is 4.79 Å². The first-order chi connectivity index (χ1) is 10.1. The maximum absolute atomic E-state index is 11.8. The average Bonchev–Trinajstić information content (AvgIpc) is 2.45. The number of hydrogen-bond donors (Lipinski definition) is 1. The van der Waals surface area contributed by atoms with Gasteiger partial charge in [0.25, 0.3) is 0 Å². The summed E-state index contributed by atoms with van der Waals surface area (Å²) >= 11 is 7.58. The van der Waals surface area contributed by atoms with Crippen LogP contribution in [0.3, 0.4) is 0 Å². The Balaban J connectivity index is 1.68. The van der Waals surface area contributed by atoms with E-state index in [1.807, 2.05) is 55.5 Å². The standard InChI is InChI=1S/C17H18ClNOS/c1-13-4-2-5-15(12-13)19-17(20)6-3-11-21-16-9-7-14(18)8-10-16/h2,4-5,7-10,12H,3,6,11H2,1H3,(H,19,20). The van der Waals surface area contributed by atoms with Crippen molar-refractivity contribution < 1.29 is 4.79 Å². The van der Waals surface area contributed by atoms with Gasteiger partial charge < -0.3 is 5.32 Å². The van der Waals surface area contributed by atoms with Gasteiger partial charge in [0.05, 0.1) is 0 Å². The first-order valence-corrected chi connectivity index (χ1v) is 8.25. The number of amides is 1. The van der Waals surface area contributed by atoms with Gasteiger partial charge in [0, 0.05) is 22.0 Å². The van der Waals surface area contributed by atoms with Crippen LogP contribution in [0.5, 0.6) is 0 Å². The highest BCUT2D eigenvalue weighted by molar-refractivity contribution is 7.99. The summed E-state index contributed by atoms with van der Waals surface area (Å²) in [7, 11) is 0. The van der Waals surface area contributed by atoms with Gasteiger partial charge in [-0.3, -0.25) is 4.79 Å². The zero-order valence-electron chi connectivity index (χ0n) is 11.9. The number of nitrogens with one attached hydrogen (secondary N) is 1. The predicted molar refractivity (Wildman–Crippen MR) is 91.2 cm³/mol. The van der Waals surface area contributed by atoms with Crippen molar-refractivity contribution in [3.8, 4) is 0 Å². The third-order valence-corrected chi connectivity index (χ3v) is 4.28. The average molecular weight is 320 g/mol. The highest BCUT2D eigenvalue weighted by Gasteiger charge is 2.03. The lowest BCUT2D eigenvalue weighted by Gasteiger charge is -2.06. The Labute approximate surface area is 134 Å². The fourth-order valence-corrected chi connectivity index (χ4v) is 2.88. The number of hydrogen-bond acceptors (Lipinski definition) is 2. The van der Waals surface area contributed by atoms with Gasteiger partial charge in [0.2, 0.25) is 5.91 Å². The number of halogens is 1. The number of carbonyl (C=O) groups is 1. The van der Waals surface area contributed by atoms with Gasteiger partial charge in [-0.15, -0.1) is 11.8 Å². The van der Waals surface area contributed by atoms with Crippen LogP contribution in [-0.4, -0.2) is 11.7 Å². The summed E-state index contributed by atoms with van der Waals surface area (Å²) in [6, 6.07) is 15.6. The van der Waals surface area contributed by atoms with Crippen LogP contribution in [0.4, 0.5) is 5.69 Å². The maximum Gasteiger partial charge on any atom is 0.224 e. The fourth-order valence-electron chi connectivity index (χ4n) is 1.90. The van der Waals surface area contributed by atoms with E-state index in [-0.39, 0.29) is 5.91 Å². The molecule has 2 rings (SSSR count). The topological polar surface area (TPSA) is 29.1 Å². The van der Waals surface area contributed by atoms with Gasteiger partial charge >= 0.3 is 0 Å². The monoisotopic (exact) mass is 319 g/mol. The van der Waals surface area contributed by atoms with Crippen molar-refractivity contribution in [3.63, 3.8) is 0 Å². The third kappa shape index (κ3) is 5.82. The van der Waals surface area contributed by atoms with E-state index in [1.54, 1.807) is 11.8 Å². The number of rotatable bonds is 6. The van der Waals surface area contributed by atoms with Crippen LogP contribution < -0.4 is 5.32 Å². The molecule has 0 spiro atoms. The Morgan fingerprint density at radius 1 is 1.19 bits per heavy atom. The van der Waals surface area contributed by atoms with Crippen LogP contribution in [0.1, 0.15) is 18.4 Å². The summed E-state index contributed by atoms with van der Waals surface area (Å²) in [5.41, 5.74) is 2.01. The minimum Gasteiger partial charge on any atom is -0.326 e. The molecule has 0 fully saturated rings. The van der Waals surface area contributed by atoms with Crippen molar-refractivity contribution in [2.45, 2.75) is 24.7 Å². The molecule has 110 valence electrons. The summed E-state index contributed by atoms with van der Waals surface area (Å²) in [6.07, 6.45) is 1.39. The second-order valence-electron chi connectivity index (χ2n) is 4.82. The molecule has 1 N–H and O–H groups in total. The van der Waals surface area contributed by atoms with E-state index in [9.17, 15) is 4.79 Å². The van der Waals surface area contributed by atoms with Crippen molar-refractivity contribution in [1.29, 1.82) is 0 Å². The summed E-state index contributed by atoms with van der Waals surface area (Å²) in [5, 5.41) is 3.67. The molecule has 0 aliphatic carbocycles. The van der Waals surface area contributed by atoms with Crippen molar-refractivity contribution in [2.75, 3.05) is 11.1 Å². The van der Waals surface area contributed by atoms with E-state index in [0.29, 0.717) is 6.42 Å². The lowest BCUT2D eigenvalue weighted by molar-refractivity contribution is -0.116. The molecule has 2 nitrogen and oxygen atoms in total. The number of anilines is 1. The molecule has 0 aliphatic heterocycles. The quantitative estimate of drug-likeness (QED) is 0.588. The number of benzene rings is 2. The van der Waals surface area contributed by atoms with Gasteiger partial charge in [-0.05, 0) is 61.1 Å². The summed E-state index contributed by atoms with van der Waals surface area (Å²) < 4.78 is 0. The predicted octanol–water partition coefficient (Wildman–Crippen LogP) is 5.16. The highest BCUT2D eigenvalue weighted by atomic mass is 35.5. The van der Waals surface area contributed by atoms with Crippen molar-refractivity contribution in [3.05, 3.63) is 59.1 Å². The molecule has 0 saturated carbocycles. The second kappa shape index (κ2) is 8.11. The number of carbonyl (C=O) groups excluding carboxylic acids is 1. The van der Waals surface area contributed by atoms with Crippen LogP contribution >= 0.6 is 23.4 Å². The molecule has 0 radical (unpaired) electrons. The Hall–Kier alpha value is -1.45. The van der Waals surface area contributed by atoms with Crippen molar-refractivity contribution in [1.82, 2.24) is 0 Å². The van der Waals surface area contributed by atoms with Crippen LogP contribution in [0.25, 0.3) is 0 Å². The van der Waals surface area contributed by atoms with Crippen LogP contribution in [0, 0.1) is 6.92 Å². The Bertz CT molecular complexity index is 598. The lowest BCUT2D eigenvalue weighted by Crippen LogP contribution is -2.11. The van der Waals surface area contributed by atoms with Gasteiger partial charge in [-0.2, -0.15) is 0 Å². The van der Waals surface area contributed by atoms with Gasteiger partial charge in [0.15, 0.2) is 0 Å². The third-order valence-electron chi connectivity index (χ3n) is 2.93. The van der Waals surface area contributed by atoms with E-state index in [0.717, 1.165) is 28.4 Å². The zero-order chi connectivity index (χ0) is 15.1. The number of thioether (sulfide) groups is 1. The maximum atomic E-state index is 11.8. The highest BCUT2D eigenvalue weighted by Crippen LogP contribution is 2.21. The minimum absolute atomic E-state index is 0.0670. The smallest absolute Gasteiger partial charge is 0.224 e. The molecular weight excluding hydrogens is 302 g/mol. The van der Waals surface area contributed by atoms with Gasteiger partial charge in [-0.25, -0.2) is 0 Å². The SMILES string of the molecule is Cc1cccc(NC(=O)CCCSc2ccc(Cl)cc2)c1. The first kappa shape index (κ1) is 15.9. The zero-order valence-corrected chi connectivity index (χ0v) is 13.5. The molecule has 1 amide bonds. The molecule has 0 bridgehead atoms. The van der Waals surface area contributed by atoms with Crippen LogP contribution in [0.15, 0.2) is 53.4 Å². The second-order valence-corrected chi connectivity index (χ2v) is 6.43. The molecule has 0 aromatic heterocycles. The van der Waals surface area contributed by atoms with E-state index < -0.39 is 0 Å². The summed E-state index contributed by atoms with van der Waals surface area (Å²) in [6.45, 7) is 2.01. The van der Waals surface area contributed by atoms with Crippen molar-refractivity contribution in [2.24, 2.45) is 0 Å². The Morgan fingerprint density at radius 2 is 1.95 bits per heavy atom. The lowest BCUT2D eigenvalue weighted by atomic mass is 10.2. The largest absolute Gasteiger partial charge is 0.326 e. The Morgan fingerprint density at radius 3 is 2.67 bits per heavy atom. The molecule has 0 aliphatic rings.